The average molecular weight is 558 g/mol. The first-order valence-electron chi connectivity index (χ1n) is 9.72. The van der Waals surface area contributed by atoms with Gasteiger partial charge in [-0.15, -0.1) is 0 Å². The molecule has 162 valence electrons. The van der Waals surface area contributed by atoms with Gasteiger partial charge in [0.25, 0.3) is 17.4 Å². The van der Waals surface area contributed by atoms with E-state index in [9.17, 15) is 14.4 Å². The van der Waals surface area contributed by atoms with Crippen LogP contribution in [0.5, 0.6) is 0 Å². The molecule has 0 aliphatic carbocycles. The molecule has 0 aliphatic rings. The van der Waals surface area contributed by atoms with Crippen LogP contribution in [0.15, 0.2) is 53.3 Å². The number of thiazole rings is 1. The molecular weight excluding hydrogens is 539 g/mol. The average Bonchev–Trinajstić information content (AvgIpc) is 3.11. The lowest BCUT2D eigenvalue weighted by Gasteiger charge is -2.11. The Morgan fingerprint density at radius 3 is 2.34 bits per heavy atom. The second kappa shape index (κ2) is 8.83. The van der Waals surface area contributed by atoms with Gasteiger partial charge in [0.1, 0.15) is 10.6 Å². The summed E-state index contributed by atoms with van der Waals surface area (Å²) in [5, 5.41) is 5.69. The summed E-state index contributed by atoms with van der Waals surface area (Å²) in [7, 11) is 0. The van der Waals surface area contributed by atoms with Crippen molar-refractivity contribution in [2.45, 2.75) is 20.8 Å². The first kappa shape index (κ1) is 22.2. The van der Waals surface area contributed by atoms with E-state index in [1.807, 2.05) is 44.2 Å². The van der Waals surface area contributed by atoms with E-state index in [-0.39, 0.29) is 15.5 Å². The van der Waals surface area contributed by atoms with Crippen molar-refractivity contribution >= 4 is 62.1 Å². The molecule has 2 heterocycles. The third-order valence-electron chi connectivity index (χ3n) is 4.90. The zero-order valence-corrected chi connectivity index (χ0v) is 20.5. The Kier molecular flexibility index (Phi) is 6.11. The smallest absolute Gasteiger partial charge is 0.274 e. The Morgan fingerprint density at radius 2 is 1.62 bits per heavy atom. The lowest BCUT2D eigenvalue weighted by atomic mass is 10.2. The van der Waals surface area contributed by atoms with Crippen molar-refractivity contribution in [1.29, 1.82) is 0 Å². The molecule has 0 saturated carbocycles. The minimum Gasteiger partial charge on any atom is -0.321 e. The van der Waals surface area contributed by atoms with Crippen LogP contribution in [-0.4, -0.2) is 21.2 Å². The van der Waals surface area contributed by atoms with E-state index in [4.69, 9.17) is 0 Å². The molecule has 2 N–H and O–H groups in total. The van der Waals surface area contributed by atoms with E-state index in [2.05, 4.69) is 38.2 Å². The number of hydrogen-bond donors (Lipinski definition) is 2. The van der Waals surface area contributed by atoms with Gasteiger partial charge in [-0.2, -0.15) is 0 Å². The third-order valence-corrected chi connectivity index (χ3v) is 6.61. The maximum Gasteiger partial charge on any atom is 0.274 e. The van der Waals surface area contributed by atoms with E-state index >= 15 is 0 Å². The van der Waals surface area contributed by atoms with Crippen LogP contribution in [0, 0.1) is 24.3 Å². The standard InChI is InChI=1S/C23H19IN4O3S/c1-12-6-4-5-7-16(12)27-22(31)20-19(28-18(29)11-14(3)25-23(28)32-20)21(30)26-17-9-8-15(24)10-13(17)2/h4-11H,1-3H3,(H,26,30)(H,27,31). The highest BCUT2D eigenvalue weighted by Gasteiger charge is 2.26. The van der Waals surface area contributed by atoms with E-state index in [0.29, 0.717) is 17.1 Å². The molecule has 0 spiro atoms. The van der Waals surface area contributed by atoms with Crippen molar-refractivity contribution in [3.8, 4) is 0 Å². The third kappa shape index (κ3) is 4.30. The van der Waals surface area contributed by atoms with Gasteiger partial charge in [-0.05, 0) is 78.8 Å². The molecule has 0 aliphatic heterocycles. The van der Waals surface area contributed by atoms with Crippen molar-refractivity contribution in [2.75, 3.05) is 10.6 Å². The Morgan fingerprint density at radius 1 is 0.938 bits per heavy atom. The molecule has 2 aromatic heterocycles. The molecule has 2 amide bonds. The second-order valence-corrected chi connectivity index (χ2v) is 9.54. The summed E-state index contributed by atoms with van der Waals surface area (Å²) in [6.45, 7) is 5.46. The summed E-state index contributed by atoms with van der Waals surface area (Å²) in [6.07, 6.45) is 0. The topological polar surface area (TPSA) is 92.6 Å². The molecule has 32 heavy (non-hydrogen) atoms. The molecule has 4 rings (SSSR count). The number of hydrogen-bond acceptors (Lipinski definition) is 5. The van der Waals surface area contributed by atoms with Gasteiger partial charge in [0, 0.05) is 26.7 Å². The number of halogens is 1. The number of carbonyl (C=O) groups excluding carboxylic acids is 2. The monoisotopic (exact) mass is 558 g/mol. The van der Waals surface area contributed by atoms with Gasteiger partial charge in [-0.25, -0.2) is 9.38 Å². The summed E-state index contributed by atoms with van der Waals surface area (Å²) in [4.78, 5) is 44.1. The molecule has 0 atom stereocenters. The molecule has 0 unspecified atom stereocenters. The molecule has 0 fully saturated rings. The summed E-state index contributed by atoms with van der Waals surface area (Å²) in [5.41, 5.74) is 3.06. The fourth-order valence-corrected chi connectivity index (χ4v) is 5.00. The Labute approximate surface area is 201 Å². The molecule has 0 bridgehead atoms. The van der Waals surface area contributed by atoms with Crippen molar-refractivity contribution in [1.82, 2.24) is 9.38 Å². The van der Waals surface area contributed by atoms with Gasteiger partial charge in [0.05, 0.1) is 0 Å². The quantitative estimate of drug-likeness (QED) is 0.353. The number of benzene rings is 2. The highest BCUT2D eigenvalue weighted by Crippen LogP contribution is 2.26. The van der Waals surface area contributed by atoms with Gasteiger partial charge in [-0.1, -0.05) is 29.5 Å². The van der Waals surface area contributed by atoms with Crippen LogP contribution in [0.25, 0.3) is 4.96 Å². The fourth-order valence-electron chi connectivity index (χ4n) is 3.29. The van der Waals surface area contributed by atoms with Crippen LogP contribution >= 0.6 is 33.9 Å². The zero-order chi connectivity index (χ0) is 23.0. The van der Waals surface area contributed by atoms with Crippen LogP contribution in [-0.2, 0) is 0 Å². The summed E-state index contributed by atoms with van der Waals surface area (Å²) < 4.78 is 2.23. The number of aromatic nitrogens is 2. The predicted molar refractivity (Wildman–Crippen MR) is 135 cm³/mol. The Bertz CT molecular complexity index is 1440. The lowest BCUT2D eigenvalue weighted by molar-refractivity contribution is 0.0989. The number of carbonyl (C=O) groups is 2. The maximum atomic E-state index is 13.3. The number of amides is 2. The van der Waals surface area contributed by atoms with Gasteiger partial charge >= 0.3 is 0 Å². The second-order valence-electron chi connectivity index (χ2n) is 7.32. The number of nitrogens with zero attached hydrogens (tertiary/aromatic N) is 2. The van der Waals surface area contributed by atoms with Crippen LogP contribution in [0.2, 0.25) is 0 Å². The zero-order valence-electron chi connectivity index (χ0n) is 17.5. The van der Waals surface area contributed by atoms with E-state index in [0.717, 1.165) is 26.0 Å². The minimum atomic E-state index is -0.553. The Balaban J connectivity index is 1.82. The van der Waals surface area contributed by atoms with Crippen LogP contribution in [0.4, 0.5) is 11.4 Å². The number of fused-ring (bicyclic) bond motifs is 1. The van der Waals surface area contributed by atoms with E-state index < -0.39 is 17.4 Å². The molecule has 9 heteroatoms. The van der Waals surface area contributed by atoms with Crippen molar-refractivity contribution in [2.24, 2.45) is 0 Å². The van der Waals surface area contributed by atoms with Gasteiger partial charge < -0.3 is 10.6 Å². The van der Waals surface area contributed by atoms with Crippen molar-refractivity contribution in [3.63, 3.8) is 0 Å². The highest BCUT2D eigenvalue weighted by molar-refractivity contribution is 14.1. The first-order valence-corrected chi connectivity index (χ1v) is 11.6. The summed E-state index contributed by atoms with van der Waals surface area (Å²) >= 11 is 3.20. The lowest BCUT2D eigenvalue weighted by Crippen LogP contribution is -2.25. The summed E-state index contributed by atoms with van der Waals surface area (Å²) in [5.74, 6) is -1.03. The van der Waals surface area contributed by atoms with E-state index in [1.54, 1.807) is 19.1 Å². The predicted octanol–water partition coefficient (Wildman–Crippen LogP) is 4.79. The number of nitrogens with one attached hydrogen (secondary N) is 2. The highest BCUT2D eigenvalue weighted by atomic mass is 127. The SMILES string of the molecule is Cc1cc(=O)n2c(C(=O)Nc3ccc(I)cc3C)c(C(=O)Nc3ccccc3C)sc2n1. The molecular formula is C23H19IN4O3S. The van der Waals surface area contributed by atoms with Crippen molar-refractivity contribution < 1.29 is 9.59 Å². The van der Waals surface area contributed by atoms with E-state index in [1.165, 1.54) is 10.5 Å². The molecule has 7 nitrogen and oxygen atoms in total. The van der Waals surface area contributed by atoms with Gasteiger partial charge in [0.2, 0.25) is 0 Å². The fraction of sp³-hybridized carbons (Fsp3) is 0.130. The normalized spacial score (nSPS) is 10.9. The van der Waals surface area contributed by atoms with Crippen LogP contribution < -0.4 is 16.2 Å². The molecule has 0 radical (unpaired) electrons. The minimum absolute atomic E-state index is 0.0356. The molecule has 4 aromatic rings. The maximum absolute atomic E-state index is 13.3. The number of rotatable bonds is 4. The van der Waals surface area contributed by atoms with Crippen LogP contribution in [0.1, 0.15) is 37.0 Å². The molecule has 0 saturated heterocycles. The molecule has 2 aromatic carbocycles. The van der Waals surface area contributed by atoms with Crippen LogP contribution in [0.3, 0.4) is 0 Å². The number of anilines is 2. The number of aryl methyl sites for hydroxylation is 3. The first-order chi connectivity index (χ1) is 15.2. The van der Waals surface area contributed by atoms with Gasteiger partial charge in [-0.3, -0.25) is 14.4 Å². The largest absolute Gasteiger partial charge is 0.321 e. The van der Waals surface area contributed by atoms with Crippen molar-refractivity contribution in [3.05, 3.63) is 89.8 Å². The van der Waals surface area contributed by atoms with Gasteiger partial charge in [0.15, 0.2) is 4.96 Å². The summed E-state index contributed by atoms with van der Waals surface area (Å²) in [6, 6.07) is 14.3. The number of para-hydroxylation sites is 1. The Hall–Kier alpha value is -3.05.